The third-order valence-corrected chi connectivity index (χ3v) is 4.46. The van der Waals surface area contributed by atoms with Crippen molar-refractivity contribution >= 4 is 29.1 Å². The van der Waals surface area contributed by atoms with Gasteiger partial charge in [0.25, 0.3) is 0 Å². The summed E-state index contributed by atoms with van der Waals surface area (Å²) in [6, 6.07) is 1.99. The highest BCUT2D eigenvalue weighted by atomic mass is 32.2. The normalized spacial score (nSPS) is 11.1. The molecule has 0 amide bonds. The van der Waals surface area contributed by atoms with E-state index in [2.05, 4.69) is 52.3 Å². The minimum absolute atomic E-state index is 0.299. The van der Waals surface area contributed by atoms with Crippen molar-refractivity contribution in [2.24, 2.45) is 0 Å². The molecule has 5 nitrogen and oxygen atoms in total. The van der Waals surface area contributed by atoms with Gasteiger partial charge in [-0.25, -0.2) is 15.0 Å². The fourth-order valence-corrected chi connectivity index (χ4v) is 3.27. The van der Waals surface area contributed by atoms with E-state index in [4.69, 9.17) is 0 Å². The molecule has 2 aromatic rings. The number of anilines is 1. The Hall–Kier alpha value is -1.21. The highest BCUT2D eigenvalue weighted by molar-refractivity contribution is 8.00. The lowest BCUT2D eigenvalue weighted by atomic mass is 10.2. The van der Waals surface area contributed by atoms with Crippen LogP contribution in [0, 0.1) is 0 Å². The first kappa shape index (κ1) is 16.2. The summed E-state index contributed by atoms with van der Waals surface area (Å²) >= 11 is 2.98. The first-order valence-corrected chi connectivity index (χ1v) is 8.84. The van der Waals surface area contributed by atoms with Gasteiger partial charge in [-0.15, -0.1) is 0 Å². The SMILES string of the molecule is CCCNc1cc(Sc2nc(CC)ns2)nc(C(C)C)n1. The van der Waals surface area contributed by atoms with Crippen molar-refractivity contribution in [3.8, 4) is 0 Å². The molecule has 21 heavy (non-hydrogen) atoms. The number of aryl methyl sites for hydroxylation is 1. The quantitative estimate of drug-likeness (QED) is 0.777. The van der Waals surface area contributed by atoms with E-state index in [1.807, 2.05) is 6.07 Å². The van der Waals surface area contributed by atoms with Gasteiger partial charge in [0.1, 0.15) is 22.5 Å². The van der Waals surface area contributed by atoms with Crippen LogP contribution < -0.4 is 5.32 Å². The molecule has 0 aromatic carbocycles. The number of hydrogen-bond donors (Lipinski definition) is 1. The van der Waals surface area contributed by atoms with Gasteiger partial charge < -0.3 is 5.32 Å². The molecular weight excluding hydrogens is 302 g/mol. The van der Waals surface area contributed by atoms with Crippen LogP contribution in [0.2, 0.25) is 0 Å². The highest BCUT2D eigenvalue weighted by Gasteiger charge is 2.11. The Morgan fingerprint density at radius 1 is 1.24 bits per heavy atom. The molecule has 0 radical (unpaired) electrons. The molecule has 1 N–H and O–H groups in total. The summed E-state index contributed by atoms with van der Waals surface area (Å²) in [5, 5.41) is 4.26. The third kappa shape index (κ3) is 4.64. The van der Waals surface area contributed by atoms with Crippen molar-refractivity contribution < 1.29 is 0 Å². The molecule has 2 heterocycles. The summed E-state index contributed by atoms with van der Waals surface area (Å²) in [6.07, 6.45) is 1.93. The van der Waals surface area contributed by atoms with Crippen LogP contribution in [0.4, 0.5) is 5.82 Å². The monoisotopic (exact) mass is 323 g/mol. The Morgan fingerprint density at radius 2 is 2.05 bits per heavy atom. The summed E-state index contributed by atoms with van der Waals surface area (Å²) in [5.41, 5.74) is 0. The number of aromatic nitrogens is 4. The van der Waals surface area contributed by atoms with E-state index in [9.17, 15) is 0 Å². The van der Waals surface area contributed by atoms with Gasteiger partial charge in [-0.3, -0.25) is 0 Å². The molecule has 0 unspecified atom stereocenters. The van der Waals surface area contributed by atoms with Gasteiger partial charge in [-0.2, -0.15) is 4.37 Å². The van der Waals surface area contributed by atoms with Gasteiger partial charge in [0.2, 0.25) is 0 Å². The second-order valence-corrected chi connectivity index (χ2v) is 6.98. The fraction of sp³-hybridized carbons (Fsp3) is 0.571. The van der Waals surface area contributed by atoms with Crippen LogP contribution in [0.3, 0.4) is 0 Å². The van der Waals surface area contributed by atoms with Crippen LogP contribution in [0.1, 0.15) is 51.7 Å². The standard InChI is InChI=1S/C14H21N5S2/c1-5-7-15-11-8-12(18-13(16-11)9(3)4)20-14-17-10(6-2)19-21-14/h8-9H,5-7H2,1-4H3,(H,15,16,18). The zero-order valence-corrected chi connectivity index (χ0v) is 14.5. The summed E-state index contributed by atoms with van der Waals surface area (Å²) in [4.78, 5) is 13.7. The van der Waals surface area contributed by atoms with Gasteiger partial charge in [0.15, 0.2) is 4.34 Å². The van der Waals surface area contributed by atoms with Gasteiger partial charge in [-0.1, -0.05) is 27.7 Å². The van der Waals surface area contributed by atoms with Gasteiger partial charge in [0.05, 0.1) is 0 Å². The molecule has 0 aliphatic carbocycles. The van der Waals surface area contributed by atoms with Gasteiger partial charge >= 0.3 is 0 Å². The maximum absolute atomic E-state index is 4.62. The first-order valence-electron chi connectivity index (χ1n) is 7.25. The fourth-order valence-electron chi connectivity index (χ4n) is 1.61. The second kappa shape index (κ2) is 7.70. The van der Waals surface area contributed by atoms with Crippen LogP contribution in [0.25, 0.3) is 0 Å². The molecule has 0 spiro atoms. The van der Waals surface area contributed by atoms with E-state index in [0.29, 0.717) is 5.92 Å². The van der Waals surface area contributed by atoms with Crippen LogP contribution >= 0.6 is 23.3 Å². The lowest BCUT2D eigenvalue weighted by Gasteiger charge is -2.10. The lowest BCUT2D eigenvalue weighted by molar-refractivity contribution is 0.753. The van der Waals surface area contributed by atoms with E-state index in [0.717, 1.165) is 46.2 Å². The molecule has 0 saturated heterocycles. The van der Waals surface area contributed by atoms with Crippen LogP contribution in [-0.4, -0.2) is 25.9 Å². The molecule has 0 aliphatic rings. The zero-order chi connectivity index (χ0) is 15.2. The second-order valence-electron chi connectivity index (χ2n) is 4.96. The van der Waals surface area contributed by atoms with E-state index in [1.165, 1.54) is 11.5 Å². The summed E-state index contributed by atoms with van der Waals surface area (Å²) < 4.78 is 5.24. The molecule has 2 rings (SSSR count). The molecule has 7 heteroatoms. The van der Waals surface area contributed by atoms with E-state index in [1.54, 1.807) is 11.8 Å². The molecule has 0 fully saturated rings. The first-order chi connectivity index (χ1) is 10.1. The molecule has 0 bridgehead atoms. The number of rotatable bonds is 7. The third-order valence-electron chi connectivity index (χ3n) is 2.75. The van der Waals surface area contributed by atoms with Crippen molar-refractivity contribution in [2.75, 3.05) is 11.9 Å². The van der Waals surface area contributed by atoms with Crippen molar-refractivity contribution in [2.45, 2.75) is 55.8 Å². The number of nitrogens with zero attached hydrogens (tertiary/aromatic N) is 4. The summed E-state index contributed by atoms with van der Waals surface area (Å²) in [5.74, 6) is 2.94. The average molecular weight is 323 g/mol. The summed E-state index contributed by atoms with van der Waals surface area (Å²) in [7, 11) is 0. The van der Waals surface area contributed by atoms with Crippen LogP contribution in [0.15, 0.2) is 15.4 Å². The average Bonchev–Trinajstić information content (AvgIpc) is 2.92. The highest BCUT2D eigenvalue weighted by Crippen LogP contribution is 2.29. The molecule has 114 valence electrons. The molecule has 0 aliphatic heterocycles. The van der Waals surface area contributed by atoms with Crippen molar-refractivity contribution in [3.63, 3.8) is 0 Å². The molecule has 0 atom stereocenters. The predicted octanol–water partition coefficient (Wildman–Crippen LogP) is 3.99. The van der Waals surface area contributed by atoms with Crippen molar-refractivity contribution in [1.29, 1.82) is 0 Å². The number of hydrogen-bond acceptors (Lipinski definition) is 7. The minimum Gasteiger partial charge on any atom is -0.370 e. The van der Waals surface area contributed by atoms with Crippen molar-refractivity contribution in [1.82, 2.24) is 19.3 Å². The Bertz CT molecular complexity index is 582. The topological polar surface area (TPSA) is 63.6 Å². The maximum atomic E-state index is 4.62. The van der Waals surface area contributed by atoms with Gasteiger partial charge in [0, 0.05) is 24.9 Å². The predicted molar refractivity (Wildman–Crippen MR) is 88.3 cm³/mol. The largest absolute Gasteiger partial charge is 0.370 e. The minimum atomic E-state index is 0.299. The van der Waals surface area contributed by atoms with Gasteiger partial charge in [-0.05, 0) is 29.7 Å². The molecule has 2 aromatic heterocycles. The molecular formula is C14H21N5S2. The lowest BCUT2D eigenvalue weighted by Crippen LogP contribution is -2.06. The van der Waals surface area contributed by atoms with Crippen LogP contribution in [0.5, 0.6) is 0 Å². The Morgan fingerprint density at radius 3 is 2.67 bits per heavy atom. The number of nitrogens with one attached hydrogen (secondary N) is 1. The smallest absolute Gasteiger partial charge is 0.176 e. The van der Waals surface area contributed by atoms with Crippen LogP contribution in [-0.2, 0) is 6.42 Å². The molecule has 0 saturated carbocycles. The Kier molecular flexibility index (Phi) is 5.93. The van der Waals surface area contributed by atoms with Crippen molar-refractivity contribution in [3.05, 3.63) is 17.7 Å². The maximum Gasteiger partial charge on any atom is 0.176 e. The zero-order valence-electron chi connectivity index (χ0n) is 12.9. The Labute approximate surface area is 134 Å². The summed E-state index contributed by atoms with van der Waals surface area (Å²) in [6.45, 7) is 9.32. The Balaban J connectivity index is 2.22. The van der Waals surface area contributed by atoms with E-state index in [-0.39, 0.29) is 0 Å². The van der Waals surface area contributed by atoms with E-state index < -0.39 is 0 Å². The van der Waals surface area contributed by atoms with E-state index >= 15 is 0 Å².